The maximum absolute atomic E-state index is 11.7. The van der Waals surface area contributed by atoms with Crippen LogP contribution in [0.5, 0.6) is 0 Å². The molecule has 0 fully saturated rings. The third-order valence-corrected chi connectivity index (χ3v) is 4.28. The predicted molar refractivity (Wildman–Crippen MR) is 101 cm³/mol. The molecule has 0 aliphatic heterocycles. The van der Waals surface area contributed by atoms with Crippen LogP contribution in [-0.4, -0.2) is 30.8 Å². The summed E-state index contributed by atoms with van der Waals surface area (Å²) >= 11 is 1.67. The lowest BCUT2D eigenvalue weighted by Gasteiger charge is -2.05. The van der Waals surface area contributed by atoms with Gasteiger partial charge in [-0.15, -0.1) is 11.8 Å². The van der Waals surface area contributed by atoms with Crippen LogP contribution in [0.1, 0.15) is 11.1 Å². The van der Waals surface area contributed by atoms with E-state index in [1.54, 1.807) is 17.8 Å². The number of hydrogen-bond donors (Lipinski definition) is 1. The van der Waals surface area contributed by atoms with Crippen molar-refractivity contribution in [2.75, 3.05) is 18.9 Å². The van der Waals surface area contributed by atoms with Crippen LogP contribution in [0.3, 0.4) is 0 Å². The number of rotatable bonds is 8. The molecule has 5 heteroatoms. The third-order valence-electron chi connectivity index (χ3n) is 3.27. The number of amides is 1. The zero-order valence-corrected chi connectivity index (χ0v) is 14.9. The molecule has 0 bridgehead atoms. The van der Waals surface area contributed by atoms with E-state index >= 15 is 0 Å². The summed E-state index contributed by atoms with van der Waals surface area (Å²) in [6.45, 7) is 2.30. The van der Waals surface area contributed by atoms with Crippen molar-refractivity contribution in [3.05, 3.63) is 71.8 Å². The highest BCUT2D eigenvalue weighted by Crippen LogP contribution is 2.17. The fourth-order valence-corrected chi connectivity index (χ4v) is 2.73. The lowest BCUT2D eigenvalue weighted by molar-refractivity contribution is -0.143. The highest BCUT2D eigenvalue weighted by atomic mass is 32.2. The molecule has 0 heterocycles. The van der Waals surface area contributed by atoms with E-state index in [9.17, 15) is 9.59 Å². The SMILES string of the molecule is Cc1ccc(SCCNC(=O)COC(=O)/C=C/c2ccccc2)cc1. The minimum atomic E-state index is -0.534. The number of esters is 1. The summed E-state index contributed by atoms with van der Waals surface area (Å²) in [5, 5.41) is 2.73. The van der Waals surface area contributed by atoms with E-state index < -0.39 is 5.97 Å². The lowest BCUT2D eigenvalue weighted by Crippen LogP contribution is -2.30. The Morgan fingerprint density at radius 2 is 1.80 bits per heavy atom. The van der Waals surface area contributed by atoms with E-state index in [-0.39, 0.29) is 12.5 Å². The molecule has 2 aromatic carbocycles. The normalized spacial score (nSPS) is 10.6. The summed E-state index contributed by atoms with van der Waals surface area (Å²) in [5.74, 6) is -0.0737. The molecule has 130 valence electrons. The largest absolute Gasteiger partial charge is 0.452 e. The van der Waals surface area contributed by atoms with Crippen molar-refractivity contribution < 1.29 is 14.3 Å². The number of aryl methyl sites for hydroxylation is 1. The second-order valence-electron chi connectivity index (χ2n) is 5.36. The van der Waals surface area contributed by atoms with Crippen molar-refractivity contribution in [2.45, 2.75) is 11.8 Å². The van der Waals surface area contributed by atoms with E-state index in [2.05, 4.69) is 29.6 Å². The molecule has 0 saturated carbocycles. The van der Waals surface area contributed by atoms with Gasteiger partial charge in [0.2, 0.25) is 0 Å². The first kappa shape index (κ1) is 18.8. The summed E-state index contributed by atoms with van der Waals surface area (Å²) in [6.07, 6.45) is 2.97. The smallest absolute Gasteiger partial charge is 0.331 e. The molecule has 0 saturated heterocycles. The van der Waals surface area contributed by atoms with Crippen LogP contribution in [0.2, 0.25) is 0 Å². The van der Waals surface area contributed by atoms with Crippen molar-refractivity contribution in [3.8, 4) is 0 Å². The van der Waals surface area contributed by atoms with Gasteiger partial charge >= 0.3 is 5.97 Å². The third kappa shape index (κ3) is 7.72. The second-order valence-corrected chi connectivity index (χ2v) is 6.53. The molecular weight excluding hydrogens is 334 g/mol. The quantitative estimate of drug-likeness (QED) is 0.341. The van der Waals surface area contributed by atoms with Gasteiger partial charge in [-0.2, -0.15) is 0 Å². The molecule has 0 aliphatic carbocycles. The van der Waals surface area contributed by atoms with Crippen LogP contribution in [-0.2, 0) is 14.3 Å². The fraction of sp³-hybridized carbons (Fsp3) is 0.200. The summed E-state index contributed by atoms with van der Waals surface area (Å²) in [4.78, 5) is 24.4. The van der Waals surface area contributed by atoms with Crippen molar-refractivity contribution in [1.82, 2.24) is 5.32 Å². The van der Waals surface area contributed by atoms with Crippen LogP contribution in [0.15, 0.2) is 65.6 Å². The molecule has 1 N–H and O–H groups in total. The first-order valence-electron chi connectivity index (χ1n) is 7.99. The van der Waals surface area contributed by atoms with E-state index in [4.69, 9.17) is 4.74 Å². The van der Waals surface area contributed by atoms with E-state index in [1.807, 2.05) is 37.3 Å². The topological polar surface area (TPSA) is 55.4 Å². The number of ether oxygens (including phenoxy) is 1. The Morgan fingerprint density at radius 3 is 2.52 bits per heavy atom. The van der Waals surface area contributed by atoms with Crippen LogP contribution in [0.4, 0.5) is 0 Å². The number of hydrogen-bond acceptors (Lipinski definition) is 4. The average Bonchev–Trinajstić information content (AvgIpc) is 2.64. The number of benzene rings is 2. The monoisotopic (exact) mass is 355 g/mol. The molecule has 0 aromatic heterocycles. The van der Waals surface area contributed by atoms with Gasteiger partial charge in [-0.3, -0.25) is 4.79 Å². The molecule has 0 radical (unpaired) electrons. The Kier molecular flexibility index (Phi) is 7.79. The highest BCUT2D eigenvalue weighted by molar-refractivity contribution is 7.99. The average molecular weight is 355 g/mol. The Bertz CT molecular complexity index is 711. The summed E-state index contributed by atoms with van der Waals surface area (Å²) < 4.78 is 4.91. The van der Waals surface area contributed by atoms with E-state index in [0.29, 0.717) is 6.54 Å². The number of carbonyl (C=O) groups is 2. The van der Waals surface area contributed by atoms with Crippen molar-refractivity contribution >= 4 is 29.7 Å². The Morgan fingerprint density at radius 1 is 1.08 bits per heavy atom. The number of nitrogens with one attached hydrogen (secondary N) is 1. The highest BCUT2D eigenvalue weighted by Gasteiger charge is 2.04. The van der Waals surface area contributed by atoms with Gasteiger partial charge in [-0.25, -0.2) is 4.79 Å². The van der Waals surface area contributed by atoms with Gasteiger partial charge in [-0.1, -0.05) is 48.0 Å². The summed E-state index contributed by atoms with van der Waals surface area (Å²) in [6, 6.07) is 17.7. The fourth-order valence-electron chi connectivity index (χ4n) is 1.96. The summed E-state index contributed by atoms with van der Waals surface area (Å²) in [7, 11) is 0. The van der Waals surface area contributed by atoms with Crippen molar-refractivity contribution in [2.24, 2.45) is 0 Å². The predicted octanol–water partition coefficient (Wildman–Crippen LogP) is 3.46. The standard InChI is InChI=1S/C20H21NO3S/c1-16-7-10-18(11-8-16)25-14-13-21-19(22)15-24-20(23)12-9-17-5-3-2-4-6-17/h2-12H,13-15H2,1H3,(H,21,22)/b12-9+. The molecule has 0 aliphatic rings. The van der Waals surface area contributed by atoms with Gasteiger partial charge in [0, 0.05) is 23.3 Å². The maximum Gasteiger partial charge on any atom is 0.331 e. The van der Waals surface area contributed by atoms with E-state index in [0.717, 1.165) is 16.2 Å². The molecular formula is C20H21NO3S. The van der Waals surface area contributed by atoms with Crippen LogP contribution >= 0.6 is 11.8 Å². The maximum atomic E-state index is 11.7. The minimum Gasteiger partial charge on any atom is -0.452 e. The Balaban J connectivity index is 1.59. The van der Waals surface area contributed by atoms with Gasteiger partial charge in [0.05, 0.1) is 0 Å². The zero-order chi connectivity index (χ0) is 17.9. The Hall–Kier alpha value is -2.53. The lowest BCUT2D eigenvalue weighted by atomic mass is 10.2. The molecule has 4 nitrogen and oxygen atoms in total. The molecule has 1 amide bonds. The van der Waals surface area contributed by atoms with Gasteiger partial charge in [-0.05, 0) is 30.7 Å². The van der Waals surface area contributed by atoms with Gasteiger partial charge in [0.25, 0.3) is 5.91 Å². The first-order chi connectivity index (χ1) is 12.1. The van der Waals surface area contributed by atoms with E-state index in [1.165, 1.54) is 11.6 Å². The molecule has 0 unspecified atom stereocenters. The molecule has 0 atom stereocenters. The van der Waals surface area contributed by atoms with Gasteiger partial charge < -0.3 is 10.1 Å². The van der Waals surface area contributed by atoms with Crippen LogP contribution < -0.4 is 5.32 Å². The van der Waals surface area contributed by atoms with Gasteiger partial charge in [0.15, 0.2) is 6.61 Å². The molecule has 25 heavy (non-hydrogen) atoms. The van der Waals surface area contributed by atoms with Crippen molar-refractivity contribution in [3.63, 3.8) is 0 Å². The number of carbonyl (C=O) groups excluding carboxylic acids is 2. The first-order valence-corrected chi connectivity index (χ1v) is 8.98. The summed E-state index contributed by atoms with van der Waals surface area (Å²) in [5.41, 5.74) is 2.12. The van der Waals surface area contributed by atoms with Crippen LogP contribution in [0.25, 0.3) is 6.08 Å². The molecule has 2 aromatic rings. The van der Waals surface area contributed by atoms with Crippen LogP contribution in [0, 0.1) is 6.92 Å². The number of thioether (sulfide) groups is 1. The molecule has 2 rings (SSSR count). The second kappa shape index (κ2) is 10.4. The van der Waals surface area contributed by atoms with Gasteiger partial charge in [0.1, 0.15) is 0 Å². The Labute approximate surface area is 152 Å². The minimum absolute atomic E-state index is 0.271. The zero-order valence-electron chi connectivity index (χ0n) is 14.1. The van der Waals surface area contributed by atoms with Crippen molar-refractivity contribution in [1.29, 1.82) is 0 Å². The molecule has 0 spiro atoms.